The van der Waals surface area contributed by atoms with Crippen LogP contribution in [-0.2, 0) is 14.4 Å². The molecule has 0 rings (SSSR count). The summed E-state index contributed by atoms with van der Waals surface area (Å²) < 4.78 is 0. The summed E-state index contributed by atoms with van der Waals surface area (Å²) in [7, 11) is 0. The Bertz CT molecular complexity index is 478. The van der Waals surface area contributed by atoms with Gasteiger partial charge in [-0.3, -0.25) is 14.4 Å². The first-order valence-electron chi connectivity index (χ1n) is 12.4. The van der Waals surface area contributed by atoms with Crippen LogP contribution in [0.1, 0.15) is 130 Å². The molecule has 1 unspecified atom stereocenters. The lowest BCUT2D eigenvalue weighted by Gasteiger charge is -2.27. The van der Waals surface area contributed by atoms with E-state index in [9.17, 15) is 14.4 Å². The number of hydrogen-bond acceptors (Lipinski definition) is 3. The summed E-state index contributed by atoms with van der Waals surface area (Å²) in [5.41, 5.74) is -0.808. The molecule has 176 valence electrons. The van der Waals surface area contributed by atoms with Gasteiger partial charge in [0.15, 0.2) is 0 Å². The van der Waals surface area contributed by atoms with Gasteiger partial charge in [0.25, 0.3) is 0 Å². The van der Waals surface area contributed by atoms with Gasteiger partial charge < -0.3 is 10.4 Å². The van der Waals surface area contributed by atoms with Crippen LogP contribution in [0.5, 0.6) is 0 Å². The van der Waals surface area contributed by atoms with E-state index in [1.54, 1.807) is 6.92 Å². The number of aliphatic carboxylic acids is 1. The first-order chi connectivity index (χ1) is 14.4. The number of unbranched alkanes of at least 4 members (excludes halogenated alkanes) is 12. The predicted molar refractivity (Wildman–Crippen MR) is 124 cm³/mol. The topological polar surface area (TPSA) is 83.5 Å². The van der Waals surface area contributed by atoms with Gasteiger partial charge in [-0.2, -0.15) is 0 Å². The van der Waals surface area contributed by atoms with Crippen LogP contribution in [0.3, 0.4) is 0 Å². The summed E-state index contributed by atoms with van der Waals surface area (Å²) in [4.78, 5) is 35.4. The van der Waals surface area contributed by atoms with Crippen molar-refractivity contribution in [2.75, 3.05) is 6.54 Å². The molecule has 0 heterocycles. The van der Waals surface area contributed by atoms with E-state index in [4.69, 9.17) is 5.11 Å². The first kappa shape index (κ1) is 28.6. The number of ketones is 1. The highest BCUT2D eigenvalue weighted by atomic mass is 16.4. The Hall–Kier alpha value is -1.39. The zero-order valence-electron chi connectivity index (χ0n) is 19.9. The minimum atomic E-state index is -1.07. The summed E-state index contributed by atoms with van der Waals surface area (Å²) in [6.07, 6.45) is 18.6. The molecule has 0 aromatic carbocycles. The molecule has 5 nitrogen and oxygen atoms in total. The van der Waals surface area contributed by atoms with Crippen LogP contribution in [0.15, 0.2) is 0 Å². The molecule has 30 heavy (non-hydrogen) atoms. The minimum absolute atomic E-state index is 0.111. The number of carboxylic acid groups (broad SMARTS) is 1. The highest BCUT2D eigenvalue weighted by Crippen LogP contribution is 2.29. The van der Waals surface area contributed by atoms with Gasteiger partial charge in [0.1, 0.15) is 12.3 Å². The lowest BCUT2D eigenvalue weighted by atomic mass is 9.79. The maximum Gasteiger partial charge on any atom is 0.322 e. The second-order valence-electron chi connectivity index (χ2n) is 9.10. The van der Waals surface area contributed by atoms with E-state index in [-0.39, 0.29) is 18.1 Å². The van der Waals surface area contributed by atoms with Crippen LogP contribution < -0.4 is 5.32 Å². The SMILES string of the molecule is CCCCCCCCCCCCCCCC(=O)CC(C)(CCC)C(=O)NCC(=O)O. The van der Waals surface area contributed by atoms with Crippen molar-refractivity contribution in [2.24, 2.45) is 5.41 Å². The molecule has 0 spiro atoms. The molecule has 0 aliphatic carbocycles. The molecule has 2 N–H and O–H groups in total. The van der Waals surface area contributed by atoms with E-state index in [0.29, 0.717) is 12.8 Å². The van der Waals surface area contributed by atoms with E-state index >= 15 is 0 Å². The van der Waals surface area contributed by atoms with Crippen molar-refractivity contribution in [1.29, 1.82) is 0 Å². The average molecular weight is 426 g/mol. The smallest absolute Gasteiger partial charge is 0.322 e. The molecule has 0 aromatic heterocycles. The maximum absolute atomic E-state index is 12.4. The molecule has 1 atom stereocenters. The summed E-state index contributed by atoms with van der Waals surface area (Å²) in [6, 6.07) is 0. The molecule has 0 saturated heterocycles. The molecule has 0 aliphatic heterocycles. The number of amides is 1. The van der Waals surface area contributed by atoms with Gasteiger partial charge in [-0.1, -0.05) is 104 Å². The number of nitrogens with one attached hydrogen (secondary N) is 1. The monoisotopic (exact) mass is 425 g/mol. The number of hydrogen-bond donors (Lipinski definition) is 2. The Labute approximate surface area is 184 Å². The number of carboxylic acids is 1. The minimum Gasteiger partial charge on any atom is -0.480 e. The van der Waals surface area contributed by atoms with Crippen LogP contribution >= 0.6 is 0 Å². The third-order valence-electron chi connectivity index (χ3n) is 5.90. The Balaban J connectivity index is 3.83. The second-order valence-corrected chi connectivity index (χ2v) is 9.10. The van der Waals surface area contributed by atoms with Crippen LogP contribution in [0.4, 0.5) is 0 Å². The highest BCUT2D eigenvalue weighted by molar-refractivity contribution is 5.90. The van der Waals surface area contributed by atoms with Crippen molar-refractivity contribution < 1.29 is 19.5 Å². The number of carbonyl (C=O) groups is 3. The zero-order valence-corrected chi connectivity index (χ0v) is 19.9. The summed E-state index contributed by atoms with van der Waals surface area (Å²) in [6.45, 7) is 5.60. The fourth-order valence-corrected chi connectivity index (χ4v) is 4.07. The van der Waals surface area contributed by atoms with Gasteiger partial charge in [0.05, 0.1) is 5.41 Å². The van der Waals surface area contributed by atoms with Crippen molar-refractivity contribution in [1.82, 2.24) is 5.32 Å². The van der Waals surface area contributed by atoms with Crippen molar-refractivity contribution in [3.63, 3.8) is 0 Å². The molecule has 5 heteroatoms. The highest BCUT2D eigenvalue weighted by Gasteiger charge is 2.34. The number of carbonyl (C=O) groups excluding carboxylic acids is 2. The predicted octanol–water partition coefficient (Wildman–Crippen LogP) is 6.43. The van der Waals surface area contributed by atoms with Crippen LogP contribution in [0, 0.1) is 5.41 Å². The molecule has 0 radical (unpaired) electrons. The summed E-state index contributed by atoms with van der Waals surface area (Å²) in [5, 5.41) is 11.2. The molecule has 0 fully saturated rings. The molecule has 1 amide bonds. The lowest BCUT2D eigenvalue weighted by molar-refractivity contribution is -0.141. The lowest BCUT2D eigenvalue weighted by Crippen LogP contribution is -2.42. The summed E-state index contributed by atoms with van der Waals surface area (Å²) in [5.74, 6) is -1.29. The van der Waals surface area contributed by atoms with Gasteiger partial charge in [0.2, 0.25) is 5.91 Å². The van der Waals surface area contributed by atoms with Crippen molar-refractivity contribution in [3.8, 4) is 0 Å². The molecular weight excluding hydrogens is 378 g/mol. The van der Waals surface area contributed by atoms with Crippen LogP contribution in [0.2, 0.25) is 0 Å². The first-order valence-corrected chi connectivity index (χ1v) is 12.4. The molecular formula is C25H47NO4. The van der Waals surface area contributed by atoms with Gasteiger partial charge in [-0.15, -0.1) is 0 Å². The van der Waals surface area contributed by atoms with Gasteiger partial charge >= 0.3 is 5.97 Å². The maximum atomic E-state index is 12.4. The molecule has 0 aromatic rings. The average Bonchev–Trinajstić information content (AvgIpc) is 2.69. The van der Waals surface area contributed by atoms with Gasteiger partial charge in [-0.05, 0) is 12.8 Å². The Morgan fingerprint density at radius 2 is 1.20 bits per heavy atom. The Kier molecular flexibility index (Phi) is 17.5. The van der Waals surface area contributed by atoms with Crippen molar-refractivity contribution >= 4 is 17.7 Å². The summed E-state index contributed by atoms with van der Waals surface area (Å²) >= 11 is 0. The van der Waals surface area contributed by atoms with E-state index in [2.05, 4.69) is 12.2 Å². The van der Waals surface area contributed by atoms with E-state index in [1.165, 1.54) is 70.6 Å². The van der Waals surface area contributed by atoms with E-state index < -0.39 is 17.9 Å². The van der Waals surface area contributed by atoms with E-state index in [0.717, 1.165) is 19.3 Å². The molecule has 0 saturated carbocycles. The quantitative estimate of drug-likeness (QED) is 0.207. The van der Waals surface area contributed by atoms with Crippen LogP contribution in [0.25, 0.3) is 0 Å². The third-order valence-corrected chi connectivity index (χ3v) is 5.90. The van der Waals surface area contributed by atoms with Crippen LogP contribution in [-0.4, -0.2) is 29.3 Å². The Morgan fingerprint density at radius 1 is 0.733 bits per heavy atom. The fourth-order valence-electron chi connectivity index (χ4n) is 4.07. The normalized spacial score (nSPS) is 13.0. The van der Waals surface area contributed by atoms with Crippen molar-refractivity contribution in [2.45, 2.75) is 130 Å². The van der Waals surface area contributed by atoms with Gasteiger partial charge in [0, 0.05) is 12.8 Å². The standard InChI is InChI=1S/C25H47NO4/c1-4-6-7-8-9-10-11-12-13-14-15-16-17-18-22(27)20-25(3,19-5-2)24(30)26-21-23(28)29/h4-21H2,1-3H3,(H,26,30)(H,28,29). The van der Waals surface area contributed by atoms with Crippen molar-refractivity contribution in [3.05, 3.63) is 0 Å². The molecule has 0 bridgehead atoms. The zero-order chi connectivity index (χ0) is 22.7. The number of Topliss-reactive ketones (excluding diaryl/α,β-unsaturated/α-hetero) is 1. The Morgan fingerprint density at radius 3 is 1.63 bits per heavy atom. The molecule has 0 aliphatic rings. The second kappa shape index (κ2) is 18.4. The third kappa shape index (κ3) is 15.4. The van der Waals surface area contributed by atoms with E-state index in [1.807, 2.05) is 6.92 Å². The van der Waals surface area contributed by atoms with Gasteiger partial charge in [-0.25, -0.2) is 0 Å². The number of rotatable bonds is 21. The largest absolute Gasteiger partial charge is 0.480 e. The fraction of sp³-hybridized carbons (Fsp3) is 0.880.